The molecule has 2 aromatic heterocycles. The molecule has 0 atom stereocenters. The highest BCUT2D eigenvalue weighted by atomic mass is 35.5. The fourth-order valence-electron chi connectivity index (χ4n) is 2.40. The Labute approximate surface area is 140 Å². The van der Waals surface area contributed by atoms with Crippen LogP contribution in [0.1, 0.15) is 42.1 Å². The highest BCUT2D eigenvalue weighted by molar-refractivity contribution is 7.99. The van der Waals surface area contributed by atoms with Gasteiger partial charge in [-0.15, -0.1) is 16.4 Å². The largest absolute Gasteiger partial charge is 0.293 e. The highest BCUT2D eigenvalue weighted by Gasteiger charge is 2.22. The number of ketones is 1. The van der Waals surface area contributed by atoms with E-state index in [9.17, 15) is 4.79 Å². The number of tetrazole rings is 1. The molecule has 0 unspecified atom stereocenters. The molecule has 9 heteroatoms. The van der Waals surface area contributed by atoms with Crippen LogP contribution in [0.15, 0.2) is 11.2 Å². The molecule has 0 saturated heterocycles. The Morgan fingerprint density at radius 1 is 1.43 bits per heavy atom. The predicted octanol–water partition coefficient (Wildman–Crippen LogP) is 4.13. The van der Waals surface area contributed by atoms with Crippen molar-refractivity contribution in [2.45, 2.75) is 36.9 Å². The van der Waals surface area contributed by atoms with Crippen molar-refractivity contribution in [3.8, 4) is 0 Å². The molecule has 21 heavy (non-hydrogen) atoms. The van der Waals surface area contributed by atoms with E-state index in [2.05, 4.69) is 15.5 Å². The van der Waals surface area contributed by atoms with Crippen LogP contribution >= 0.6 is 46.3 Å². The van der Waals surface area contributed by atoms with Crippen LogP contribution < -0.4 is 0 Å². The summed E-state index contributed by atoms with van der Waals surface area (Å²) in [5, 5.41) is 12.5. The maximum atomic E-state index is 12.2. The minimum absolute atomic E-state index is 0.0610. The van der Waals surface area contributed by atoms with Crippen LogP contribution in [0.5, 0.6) is 0 Å². The molecule has 0 bridgehead atoms. The maximum absolute atomic E-state index is 12.2. The molecule has 1 aliphatic rings. The van der Waals surface area contributed by atoms with E-state index in [4.69, 9.17) is 23.2 Å². The van der Waals surface area contributed by atoms with Crippen molar-refractivity contribution < 1.29 is 4.79 Å². The Morgan fingerprint density at radius 3 is 2.86 bits per heavy atom. The van der Waals surface area contributed by atoms with Gasteiger partial charge in [0.25, 0.3) is 0 Å². The van der Waals surface area contributed by atoms with Gasteiger partial charge in [-0.1, -0.05) is 47.8 Å². The molecule has 0 spiro atoms. The second-order valence-corrected chi connectivity index (χ2v) is 8.02. The number of hydrogen-bond donors (Lipinski definition) is 0. The first kappa shape index (κ1) is 15.3. The number of halogens is 2. The molecule has 5 nitrogen and oxygen atoms in total. The van der Waals surface area contributed by atoms with Gasteiger partial charge in [0.2, 0.25) is 5.16 Å². The molecule has 112 valence electrons. The number of carbonyl (C=O) groups is 1. The van der Waals surface area contributed by atoms with E-state index in [0.717, 1.165) is 12.8 Å². The molecule has 1 fully saturated rings. The molecule has 1 aliphatic carbocycles. The first-order valence-electron chi connectivity index (χ1n) is 6.54. The second kappa shape index (κ2) is 6.64. The van der Waals surface area contributed by atoms with E-state index < -0.39 is 0 Å². The molecular weight excluding hydrogens is 351 g/mol. The zero-order valence-corrected chi connectivity index (χ0v) is 14.1. The van der Waals surface area contributed by atoms with Gasteiger partial charge >= 0.3 is 0 Å². The Bertz CT molecular complexity index is 651. The van der Waals surface area contributed by atoms with Gasteiger partial charge in [-0.05, 0) is 29.3 Å². The summed E-state index contributed by atoms with van der Waals surface area (Å²) in [6, 6.07) is 1.97. The number of thiophene rings is 1. The van der Waals surface area contributed by atoms with E-state index in [-0.39, 0.29) is 11.5 Å². The molecular formula is C12H12Cl2N4OS2. The fourth-order valence-corrected chi connectivity index (χ4v) is 4.72. The van der Waals surface area contributed by atoms with Gasteiger partial charge in [-0.25, -0.2) is 4.68 Å². The number of carbonyl (C=O) groups excluding carboxylic acids is 1. The van der Waals surface area contributed by atoms with Crippen LogP contribution in [0.2, 0.25) is 8.67 Å². The Kier molecular flexibility index (Phi) is 4.83. The average Bonchev–Trinajstić information content (AvgIpc) is 3.15. The topological polar surface area (TPSA) is 60.7 Å². The molecule has 3 rings (SSSR count). The summed E-state index contributed by atoms with van der Waals surface area (Å²) in [7, 11) is 0. The lowest BCUT2D eigenvalue weighted by atomic mass is 10.2. The Balaban J connectivity index is 1.66. The third-order valence-electron chi connectivity index (χ3n) is 3.42. The van der Waals surface area contributed by atoms with Crippen molar-refractivity contribution in [1.82, 2.24) is 20.2 Å². The number of Topliss-reactive ketones (excluding diaryl/α,β-unsaturated/α-hetero) is 1. The van der Waals surface area contributed by atoms with Crippen LogP contribution in [-0.2, 0) is 0 Å². The smallest absolute Gasteiger partial charge is 0.210 e. The highest BCUT2D eigenvalue weighted by Crippen LogP contribution is 2.34. The zero-order valence-electron chi connectivity index (χ0n) is 11.0. The lowest BCUT2D eigenvalue weighted by Crippen LogP contribution is -2.10. The summed E-state index contributed by atoms with van der Waals surface area (Å²) in [5.74, 6) is 0.189. The van der Waals surface area contributed by atoms with Gasteiger partial charge in [-0.3, -0.25) is 4.79 Å². The SMILES string of the molecule is O=C(CSc1nnnn1C1CCCC1)c1cc(Cl)sc1Cl. The number of rotatable bonds is 5. The standard InChI is InChI=1S/C12H12Cl2N4OS2/c13-10-5-8(11(14)21-10)9(19)6-20-12-15-16-17-18(12)7-3-1-2-4-7/h5,7H,1-4,6H2. The van der Waals surface area contributed by atoms with Crippen molar-refractivity contribution in [2.75, 3.05) is 5.75 Å². The average molecular weight is 363 g/mol. The Morgan fingerprint density at radius 2 is 2.19 bits per heavy atom. The maximum Gasteiger partial charge on any atom is 0.210 e. The lowest BCUT2D eigenvalue weighted by Gasteiger charge is -2.10. The lowest BCUT2D eigenvalue weighted by molar-refractivity contribution is 0.102. The summed E-state index contributed by atoms with van der Waals surface area (Å²) in [5.41, 5.74) is 0.471. The van der Waals surface area contributed by atoms with Gasteiger partial charge in [0, 0.05) is 5.56 Å². The van der Waals surface area contributed by atoms with Crippen molar-refractivity contribution >= 4 is 52.1 Å². The fraction of sp³-hybridized carbons (Fsp3) is 0.500. The number of aromatic nitrogens is 4. The van der Waals surface area contributed by atoms with E-state index in [0.29, 0.717) is 25.4 Å². The normalized spacial score (nSPS) is 15.7. The quantitative estimate of drug-likeness (QED) is 0.590. The summed E-state index contributed by atoms with van der Waals surface area (Å²) in [6.07, 6.45) is 4.60. The Hall–Kier alpha value is -0.630. The summed E-state index contributed by atoms with van der Waals surface area (Å²) >= 11 is 14.4. The third-order valence-corrected chi connectivity index (χ3v) is 5.84. The van der Waals surface area contributed by atoms with Crippen molar-refractivity contribution in [3.05, 3.63) is 20.3 Å². The van der Waals surface area contributed by atoms with E-state index >= 15 is 0 Å². The summed E-state index contributed by atoms with van der Waals surface area (Å²) in [6.45, 7) is 0. The molecule has 0 radical (unpaired) electrons. The van der Waals surface area contributed by atoms with Crippen LogP contribution in [0, 0.1) is 0 Å². The van der Waals surface area contributed by atoms with E-state index in [1.807, 2.05) is 4.68 Å². The van der Waals surface area contributed by atoms with Gasteiger partial charge in [0.05, 0.1) is 16.1 Å². The molecule has 2 aromatic rings. The number of nitrogens with zero attached hydrogens (tertiary/aromatic N) is 4. The van der Waals surface area contributed by atoms with Gasteiger partial charge in [0.15, 0.2) is 5.78 Å². The summed E-state index contributed by atoms with van der Waals surface area (Å²) < 4.78 is 2.79. The monoisotopic (exact) mass is 362 g/mol. The molecule has 0 N–H and O–H groups in total. The van der Waals surface area contributed by atoms with Crippen molar-refractivity contribution in [1.29, 1.82) is 0 Å². The van der Waals surface area contributed by atoms with Gasteiger partial charge < -0.3 is 0 Å². The third kappa shape index (κ3) is 3.41. The van der Waals surface area contributed by atoms with E-state index in [1.54, 1.807) is 6.07 Å². The van der Waals surface area contributed by atoms with Crippen molar-refractivity contribution in [3.63, 3.8) is 0 Å². The van der Waals surface area contributed by atoms with Gasteiger partial charge in [0.1, 0.15) is 4.34 Å². The molecule has 2 heterocycles. The predicted molar refractivity (Wildman–Crippen MR) is 84.7 cm³/mol. The first-order chi connectivity index (χ1) is 10.1. The molecule has 0 aliphatic heterocycles. The minimum atomic E-state index is -0.0610. The molecule has 1 saturated carbocycles. The van der Waals surface area contributed by atoms with Crippen LogP contribution in [-0.4, -0.2) is 31.7 Å². The van der Waals surface area contributed by atoms with Crippen LogP contribution in [0.4, 0.5) is 0 Å². The van der Waals surface area contributed by atoms with Crippen LogP contribution in [0.3, 0.4) is 0 Å². The first-order valence-corrected chi connectivity index (χ1v) is 9.09. The zero-order chi connectivity index (χ0) is 14.8. The molecule has 0 amide bonds. The van der Waals surface area contributed by atoms with Crippen LogP contribution in [0.25, 0.3) is 0 Å². The second-order valence-electron chi connectivity index (χ2n) is 4.79. The minimum Gasteiger partial charge on any atom is -0.293 e. The molecule has 0 aromatic carbocycles. The summed E-state index contributed by atoms with van der Waals surface area (Å²) in [4.78, 5) is 12.2. The van der Waals surface area contributed by atoms with Gasteiger partial charge in [-0.2, -0.15) is 0 Å². The number of hydrogen-bond acceptors (Lipinski definition) is 6. The number of thioether (sulfide) groups is 1. The van der Waals surface area contributed by atoms with E-state index in [1.165, 1.54) is 35.9 Å². The van der Waals surface area contributed by atoms with Crippen molar-refractivity contribution in [2.24, 2.45) is 0 Å².